The number of hydrogen-bond donors (Lipinski definition) is 13. The molecule has 1 aliphatic heterocycles. The zero-order valence-electron chi connectivity index (χ0n) is 63.3. The highest BCUT2D eigenvalue weighted by molar-refractivity contribution is 6.30. The minimum absolute atomic E-state index is 0.0319. The van der Waals surface area contributed by atoms with Crippen molar-refractivity contribution in [2.24, 2.45) is 11.7 Å². The van der Waals surface area contributed by atoms with E-state index >= 15 is 14.4 Å². The third kappa shape index (κ3) is 27.3. The van der Waals surface area contributed by atoms with E-state index < -0.39 is 138 Å². The smallest absolute Gasteiger partial charge is 0.252 e. The number of carbonyl (C=O) groups excluding carboxylic acids is 12. The van der Waals surface area contributed by atoms with Crippen LogP contribution in [0.3, 0.4) is 0 Å². The summed E-state index contributed by atoms with van der Waals surface area (Å²) in [6.07, 6.45) is 7.57. The summed E-state index contributed by atoms with van der Waals surface area (Å²) in [7, 11) is 1.24. The molecular weight excluding hydrogens is 1430 g/mol. The van der Waals surface area contributed by atoms with Gasteiger partial charge in [0.2, 0.25) is 65.0 Å². The molecule has 30 heteroatoms. The maximum Gasteiger partial charge on any atom is 0.252 e. The number of halogens is 1. The largest absolute Gasteiger partial charge is 0.508 e. The van der Waals surface area contributed by atoms with Gasteiger partial charge in [0, 0.05) is 88.6 Å². The highest BCUT2D eigenvalue weighted by Gasteiger charge is 2.41. The maximum absolute atomic E-state index is 15.4. The van der Waals surface area contributed by atoms with Crippen molar-refractivity contribution in [1.29, 1.82) is 0 Å². The van der Waals surface area contributed by atoms with Crippen molar-refractivity contribution in [1.82, 2.24) is 72.9 Å². The van der Waals surface area contributed by atoms with Gasteiger partial charge in [-0.05, 0) is 153 Å². The summed E-state index contributed by atoms with van der Waals surface area (Å²) in [6, 6.07) is 18.6. The van der Waals surface area contributed by atoms with Gasteiger partial charge in [-0.15, -0.1) is 0 Å². The number of likely N-dealkylation sites (tertiary alicyclic amines) is 1. The molecule has 14 N–H and O–H groups in total. The van der Waals surface area contributed by atoms with Gasteiger partial charge in [-0.25, -0.2) is 0 Å². The van der Waals surface area contributed by atoms with Crippen LogP contribution in [0.5, 0.6) is 5.75 Å². The Balaban J connectivity index is 1.16. The number of fused-ring (bicyclic) bond motifs is 1. The van der Waals surface area contributed by atoms with Crippen molar-refractivity contribution >= 4 is 93.3 Å². The number of aliphatic hydroxyl groups is 1. The van der Waals surface area contributed by atoms with Crippen LogP contribution in [0.15, 0.2) is 140 Å². The SMILES string of the molecule is CC(=O)N[C@H](Cc1ccc2ccccc2c1)C(=O)N[C@H](Cc1ccc(Cl)cc1)C(=O)N[C@H](Cc1cccnc1)C(=O)N[C@@H](CO)C(=O)N(C)[C@@H](Cc1ccc(O)cc1)C(=O)N[C@H](CCCCNC(=O)c1cccnc1)C(=O)N[C@@H](CC(C)C)C(=O)N[C@@H](CCCCNC(C)C)C(=O)N1CCC[C@H]1C(=O)N[C@H](C)C(N)=O. The number of aromatic nitrogens is 2. The van der Waals surface area contributed by atoms with Crippen LogP contribution >= 0.6 is 11.6 Å². The predicted molar refractivity (Wildman–Crippen MR) is 414 cm³/mol. The Kier molecular flexibility index (Phi) is 34.0. The summed E-state index contributed by atoms with van der Waals surface area (Å²) in [5.41, 5.74) is 7.87. The molecule has 4 aromatic carbocycles. The number of aromatic hydroxyl groups is 1. The first kappa shape index (κ1) is 86.3. The number of nitrogens with one attached hydrogen (secondary N) is 10. The fourth-order valence-electron chi connectivity index (χ4n) is 12.8. The fraction of sp³-hybridized carbons (Fsp3) is 0.450. The number of benzene rings is 4. The number of aliphatic hydroxyl groups excluding tert-OH is 1. The first-order chi connectivity index (χ1) is 52.6. The first-order valence-corrected chi connectivity index (χ1v) is 37.6. The van der Waals surface area contributed by atoms with Gasteiger partial charge in [-0.3, -0.25) is 67.5 Å². The molecule has 6 aromatic rings. The number of rotatable bonds is 42. The maximum atomic E-state index is 15.4. The predicted octanol–water partition coefficient (Wildman–Crippen LogP) is 3.29. The first-order valence-electron chi connectivity index (χ1n) is 37.2. The number of phenols is 1. The summed E-state index contributed by atoms with van der Waals surface area (Å²) >= 11 is 6.26. The molecule has 1 aliphatic rings. The monoisotopic (exact) mass is 1530 g/mol. The van der Waals surface area contributed by atoms with Gasteiger partial charge in [0.1, 0.15) is 66.2 Å². The number of nitrogens with zero attached hydrogens (tertiary/aromatic N) is 4. The van der Waals surface area contributed by atoms with Crippen LogP contribution in [0, 0.1) is 5.92 Å². The average molecular weight is 1540 g/mol. The molecule has 12 amide bonds. The second kappa shape index (κ2) is 43.3. The van der Waals surface area contributed by atoms with Crippen LogP contribution in [-0.2, 0) is 78.4 Å². The number of amides is 12. The third-order valence-corrected chi connectivity index (χ3v) is 19.1. The number of likely N-dealkylation sites (N-methyl/N-ethyl adjacent to an activating group) is 1. The topological polar surface area (TPSA) is 424 Å². The molecule has 0 saturated carbocycles. The van der Waals surface area contributed by atoms with Crippen molar-refractivity contribution in [3.63, 3.8) is 0 Å². The minimum Gasteiger partial charge on any atom is -0.508 e. The number of carbonyl (C=O) groups is 12. The number of nitrogens with two attached hydrogens (primary N) is 1. The van der Waals surface area contributed by atoms with Crippen LogP contribution in [0.2, 0.25) is 5.02 Å². The summed E-state index contributed by atoms with van der Waals surface area (Å²) in [6.45, 7) is 10.2. The lowest BCUT2D eigenvalue weighted by Gasteiger charge is -2.33. The van der Waals surface area contributed by atoms with E-state index in [-0.39, 0.29) is 95.0 Å². The minimum atomic E-state index is -1.82. The molecule has 7 rings (SSSR count). The lowest BCUT2D eigenvalue weighted by atomic mass is 9.99. The molecule has 110 heavy (non-hydrogen) atoms. The summed E-state index contributed by atoms with van der Waals surface area (Å²) in [5.74, 6) is -9.31. The molecule has 2 aromatic heterocycles. The van der Waals surface area contributed by atoms with E-state index in [9.17, 15) is 53.4 Å². The van der Waals surface area contributed by atoms with Crippen LogP contribution in [0.25, 0.3) is 10.8 Å². The second-order valence-corrected chi connectivity index (χ2v) is 28.9. The van der Waals surface area contributed by atoms with Crippen molar-refractivity contribution in [2.45, 2.75) is 191 Å². The van der Waals surface area contributed by atoms with E-state index in [0.717, 1.165) is 15.7 Å². The van der Waals surface area contributed by atoms with Crippen LogP contribution in [0.1, 0.15) is 132 Å². The van der Waals surface area contributed by atoms with Crippen LogP contribution in [0.4, 0.5) is 0 Å². The quantitative estimate of drug-likeness (QED) is 0.0245. The lowest BCUT2D eigenvalue weighted by molar-refractivity contribution is -0.144. The van der Waals surface area contributed by atoms with E-state index in [0.29, 0.717) is 58.6 Å². The molecule has 590 valence electrons. The molecule has 0 bridgehead atoms. The summed E-state index contributed by atoms with van der Waals surface area (Å²) < 4.78 is 0. The fourth-order valence-corrected chi connectivity index (χ4v) is 12.9. The lowest BCUT2D eigenvalue weighted by Crippen LogP contribution is -2.62. The highest BCUT2D eigenvalue weighted by Crippen LogP contribution is 2.23. The molecule has 0 spiro atoms. The Bertz CT molecular complexity index is 4100. The van der Waals surface area contributed by atoms with E-state index in [1.807, 2.05) is 70.2 Å². The van der Waals surface area contributed by atoms with Gasteiger partial charge < -0.3 is 78.9 Å². The molecule has 0 unspecified atom stereocenters. The number of primary amides is 1. The molecule has 10 atom stereocenters. The van der Waals surface area contributed by atoms with Gasteiger partial charge >= 0.3 is 0 Å². The van der Waals surface area contributed by atoms with Gasteiger partial charge in [0.05, 0.1) is 12.2 Å². The number of phenolic OH excluding ortho intramolecular Hbond substituents is 1. The van der Waals surface area contributed by atoms with Crippen molar-refractivity contribution in [2.75, 3.05) is 33.3 Å². The van der Waals surface area contributed by atoms with Crippen molar-refractivity contribution < 1.29 is 67.7 Å². The van der Waals surface area contributed by atoms with E-state index in [4.69, 9.17) is 17.3 Å². The third-order valence-electron chi connectivity index (χ3n) is 18.8. The zero-order valence-corrected chi connectivity index (χ0v) is 64.0. The molecule has 0 radical (unpaired) electrons. The summed E-state index contributed by atoms with van der Waals surface area (Å²) in [5, 5.41) is 51.8. The van der Waals surface area contributed by atoms with Gasteiger partial charge in [-0.1, -0.05) is 112 Å². The van der Waals surface area contributed by atoms with Gasteiger partial charge in [0.25, 0.3) is 5.91 Å². The Labute approximate surface area is 645 Å². The number of unbranched alkanes of at least 4 members (excludes halogenated alkanes) is 2. The number of pyridine rings is 2. The van der Waals surface area contributed by atoms with E-state index in [2.05, 4.69) is 63.1 Å². The standard InChI is InChI=1S/C80H104ClN15O14/c1-48(2)39-63(73(103)90-62(22-11-12-36-85-49(3)4)80(110)96-38-16-23-68(96)77(107)87-50(5)70(82)100)91-72(102)61(21-10-13-37-86-71(101)58-20-15-35-84-46-58)89-78(108)69(44-53-27-32-60(99)33-28-53)95(7)79(109)67(47-97)94-76(106)66(43-55-17-14-34-83-45-55)93-75(105)65(41-52-25-30-59(81)31-26-52)92-74(104)64(88-51(6)98)42-54-24-29-56-18-8-9-19-57(56)40-54/h8-9,14-15,17-20,24-35,40,45-46,48-50,61-69,85,97,99H,10-13,16,21-23,36-39,41-44,47H2,1-7H3,(H2,82,100)(H,86,101)(H,87,107)(H,88,98)(H,89,108)(H,90,103)(H,91,102)(H,92,104)(H,93,105)(H,94,106)/t50-,61-,62+,63+,64-,65-,66-,67+,68+,69+/m1/s1. The molecule has 0 aliphatic carbocycles. The molecule has 29 nitrogen and oxygen atoms in total. The average Bonchev–Trinajstić information content (AvgIpc) is 1.49. The Morgan fingerprint density at radius 2 is 1.10 bits per heavy atom. The van der Waals surface area contributed by atoms with Crippen molar-refractivity contribution in [3.8, 4) is 5.75 Å². The van der Waals surface area contributed by atoms with E-state index in [1.54, 1.807) is 48.5 Å². The number of hydrogen-bond acceptors (Lipinski definition) is 17. The van der Waals surface area contributed by atoms with Crippen LogP contribution < -0.4 is 58.9 Å². The van der Waals surface area contributed by atoms with Crippen LogP contribution in [-0.4, -0.2) is 201 Å². The molecule has 1 fully saturated rings. The second-order valence-electron chi connectivity index (χ2n) is 28.5. The Morgan fingerprint density at radius 1 is 0.564 bits per heavy atom. The molecule has 1 saturated heterocycles. The molecule has 3 heterocycles. The Morgan fingerprint density at radius 3 is 1.71 bits per heavy atom. The summed E-state index contributed by atoms with van der Waals surface area (Å²) in [4.78, 5) is 181. The normalized spacial score (nSPS) is 15.1. The van der Waals surface area contributed by atoms with Gasteiger partial charge in [0.15, 0.2) is 0 Å². The van der Waals surface area contributed by atoms with Crippen molar-refractivity contribution in [3.05, 3.63) is 173 Å². The zero-order chi connectivity index (χ0) is 80.0. The van der Waals surface area contributed by atoms with E-state index in [1.165, 1.54) is 74.8 Å². The highest BCUT2D eigenvalue weighted by atomic mass is 35.5. The molecular formula is C80H104ClN15O14. The Hall–Kier alpha value is -10.9. The van der Waals surface area contributed by atoms with Gasteiger partial charge in [-0.2, -0.15) is 0 Å².